The number of nitrogens with zero attached hydrogens (tertiary/aromatic N) is 2. The van der Waals surface area contributed by atoms with Gasteiger partial charge in [-0.25, -0.2) is 4.79 Å². The van der Waals surface area contributed by atoms with E-state index in [1.807, 2.05) is 0 Å². The Hall–Kier alpha value is -1.34. The van der Waals surface area contributed by atoms with Crippen LogP contribution in [-0.4, -0.2) is 25.7 Å². The van der Waals surface area contributed by atoms with Crippen molar-refractivity contribution in [3.63, 3.8) is 0 Å². The number of nitrogens with one attached hydrogen (secondary N) is 1. The topological polar surface area (TPSA) is 87.5 Å². The second-order valence-corrected chi connectivity index (χ2v) is 3.85. The summed E-state index contributed by atoms with van der Waals surface area (Å²) in [7, 11) is 0. The minimum atomic E-state index is -1.20. The quantitative estimate of drug-likeness (QED) is 0.772. The molecule has 0 atom stereocenters. The highest BCUT2D eigenvalue weighted by Gasteiger charge is 2.19. The molecule has 0 aliphatic rings. The van der Waals surface area contributed by atoms with Gasteiger partial charge in [-0.3, -0.25) is 4.79 Å². The number of halogens is 2. The fourth-order valence-electron chi connectivity index (χ4n) is 1.17. The maximum absolute atomic E-state index is 11.4. The summed E-state index contributed by atoms with van der Waals surface area (Å²) in [6.07, 6.45) is 0. The Morgan fingerprint density at radius 1 is 1.67 bits per heavy atom. The molecule has 2 aromatic heterocycles. The van der Waals surface area contributed by atoms with Gasteiger partial charge in [0.05, 0.1) is 0 Å². The lowest BCUT2D eigenvalue weighted by atomic mass is 10.3. The molecule has 0 bridgehead atoms. The molecule has 2 rings (SSSR count). The molecule has 8 heteroatoms. The fraction of sp³-hybridized carbons (Fsp3) is 0. The van der Waals surface area contributed by atoms with E-state index in [4.69, 9.17) is 16.7 Å². The van der Waals surface area contributed by atoms with Crippen molar-refractivity contribution in [1.82, 2.24) is 14.6 Å². The van der Waals surface area contributed by atoms with Gasteiger partial charge in [-0.1, -0.05) is 11.6 Å². The van der Waals surface area contributed by atoms with E-state index < -0.39 is 11.5 Å². The summed E-state index contributed by atoms with van der Waals surface area (Å²) in [4.78, 5) is 24.8. The van der Waals surface area contributed by atoms with Crippen molar-refractivity contribution >= 4 is 39.1 Å². The highest BCUT2D eigenvalue weighted by molar-refractivity contribution is 9.10. The predicted molar refractivity (Wildman–Crippen MR) is 55.5 cm³/mol. The first-order chi connectivity index (χ1) is 7.00. The summed E-state index contributed by atoms with van der Waals surface area (Å²) < 4.78 is 1.00. The summed E-state index contributed by atoms with van der Waals surface area (Å²) in [6, 6.07) is 1.11. The third-order valence-corrected chi connectivity index (χ3v) is 2.51. The van der Waals surface area contributed by atoms with E-state index >= 15 is 0 Å². The van der Waals surface area contributed by atoms with E-state index in [9.17, 15) is 9.59 Å². The molecule has 0 unspecified atom stereocenters. The number of hydrogen-bond donors (Lipinski definition) is 2. The molecule has 0 fully saturated rings. The Bertz CT molecular complexity index is 618. The number of carbonyl (C=O) groups is 1. The van der Waals surface area contributed by atoms with Gasteiger partial charge in [-0.2, -0.15) is 9.61 Å². The largest absolute Gasteiger partial charge is 0.477 e. The van der Waals surface area contributed by atoms with E-state index in [1.54, 1.807) is 0 Å². The van der Waals surface area contributed by atoms with Crippen molar-refractivity contribution in [3.05, 3.63) is 31.7 Å². The molecular formula is C7H3BrClN3O3. The molecule has 6 nitrogen and oxygen atoms in total. The SMILES string of the molecule is O=C(O)c1c(Br)nn2c(=O)cc(Cl)[nH]c12. The number of rotatable bonds is 1. The number of aromatic amines is 1. The van der Waals surface area contributed by atoms with Gasteiger partial charge in [0.15, 0.2) is 5.65 Å². The molecule has 0 radical (unpaired) electrons. The van der Waals surface area contributed by atoms with Gasteiger partial charge in [0, 0.05) is 6.07 Å². The molecule has 0 saturated heterocycles. The zero-order chi connectivity index (χ0) is 11.2. The van der Waals surface area contributed by atoms with Crippen molar-refractivity contribution in [2.75, 3.05) is 0 Å². The van der Waals surface area contributed by atoms with Crippen LogP contribution in [-0.2, 0) is 0 Å². The highest BCUT2D eigenvalue weighted by atomic mass is 79.9. The lowest BCUT2D eigenvalue weighted by Gasteiger charge is -1.94. The third-order valence-electron chi connectivity index (χ3n) is 1.75. The van der Waals surface area contributed by atoms with Crippen LogP contribution in [0.3, 0.4) is 0 Å². The van der Waals surface area contributed by atoms with Gasteiger partial charge in [0.25, 0.3) is 5.56 Å². The molecule has 0 aliphatic carbocycles. The number of H-pyrrole nitrogens is 1. The van der Waals surface area contributed by atoms with Crippen LogP contribution in [0.15, 0.2) is 15.5 Å². The molecule has 0 amide bonds. The van der Waals surface area contributed by atoms with Gasteiger partial charge in [0.1, 0.15) is 15.3 Å². The van der Waals surface area contributed by atoms with Crippen LogP contribution in [0, 0.1) is 0 Å². The van der Waals surface area contributed by atoms with E-state index in [-0.39, 0.29) is 21.0 Å². The summed E-state index contributed by atoms with van der Waals surface area (Å²) in [6.45, 7) is 0. The third kappa shape index (κ3) is 1.53. The number of aromatic carboxylic acids is 1. The minimum Gasteiger partial charge on any atom is -0.477 e. The molecule has 0 aromatic carbocycles. The molecule has 0 spiro atoms. The van der Waals surface area contributed by atoms with Crippen LogP contribution in [0.5, 0.6) is 0 Å². The smallest absolute Gasteiger partial charge is 0.342 e. The van der Waals surface area contributed by atoms with Gasteiger partial charge in [-0.05, 0) is 15.9 Å². The second kappa shape index (κ2) is 3.35. The highest BCUT2D eigenvalue weighted by Crippen LogP contribution is 2.19. The van der Waals surface area contributed by atoms with Crippen LogP contribution in [0.25, 0.3) is 5.65 Å². The Labute approximate surface area is 95.6 Å². The van der Waals surface area contributed by atoms with Gasteiger partial charge in [-0.15, -0.1) is 0 Å². The summed E-state index contributed by atoms with van der Waals surface area (Å²) in [5.74, 6) is -1.20. The van der Waals surface area contributed by atoms with Crippen molar-refractivity contribution in [1.29, 1.82) is 0 Å². The number of fused-ring (bicyclic) bond motifs is 1. The number of aromatic nitrogens is 3. The standard InChI is InChI=1S/C7H3BrClN3O3/c8-5-4(7(14)15)6-10-2(9)1-3(13)12(6)11-5/h1,10H,(H,14,15). The molecule has 0 aliphatic heterocycles. The second-order valence-electron chi connectivity index (χ2n) is 2.69. The Morgan fingerprint density at radius 2 is 2.33 bits per heavy atom. The van der Waals surface area contributed by atoms with Gasteiger partial charge in [0.2, 0.25) is 0 Å². The van der Waals surface area contributed by atoms with E-state index in [1.165, 1.54) is 0 Å². The Morgan fingerprint density at radius 3 is 2.93 bits per heavy atom. The van der Waals surface area contributed by atoms with Crippen LogP contribution in [0.4, 0.5) is 0 Å². The zero-order valence-corrected chi connectivity index (χ0v) is 9.33. The summed E-state index contributed by atoms with van der Waals surface area (Å²) in [5, 5.41) is 12.7. The molecule has 78 valence electrons. The average Bonchev–Trinajstić information content (AvgIpc) is 2.41. The number of carboxylic acid groups (broad SMARTS) is 1. The Kier molecular flexibility index (Phi) is 2.28. The Balaban J connectivity index is 2.99. The van der Waals surface area contributed by atoms with E-state index in [0.717, 1.165) is 10.6 Å². The van der Waals surface area contributed by atoms with Gasteiger partial charge >= 0.3 is 5.97 Å². The molecule has 2 heterocycles. The van der Waals surface area contributed by atoms with Crippen LogP contribution < -0.4 is 5.56 Å². The first-order valence-electron chi connectivity index (χ1n) is 3.71. The average molecular weight is 292 g/mol. The first kappa shape index (κ1) is 10.2. The fourth-order valence-corrected chi connectivity index (χ4v) is 1.87. The van der Waals surface area contributed by atoms with Crippen LogP contribution in [0.1, 0.15) is 10.4 Å². The monoisotopic (exact) mass is 291 g/mol. The van der Waals surface area contributed by atoms with Crippen molar-refractivity contribution in [2.24, 2.45) is 0 Å². The predicted octanol–water partition coefficient (Wildman–Crippen LogP) is 1.14. The van der Waals surface area contributed by atoms with Crippen molar-refractivity contribution < 1.29 is 9.90 Å². The molecular weight excluding hydrogens is 289 g/mol. The normalized spacial score (nSPS) is 10.8. The van der Waals surface area contributed by atoms with Gasteiger partial charge < -0.3 is 10.1 Å². The number of carboxylic acids is 1. The maximum atomic E-state index is 11.4. The number of hydrogen-bond acceptors (Lipinski definition) is 3. The first-order valence-corrected chi connectivity index (χ1v) is 4.88. The molecule has 0 saturated carbocycles. The molecule has 2 aromatic rings. The maximum Gasteiger partial charge on any atom is 0.342 e. The van der Waals surface area contributed by atoms with Crippen LogP contribution in [0.2, 0.25) is 5.15 Å². The summed E-state index contributed by atoms with van der Waals surface area (Å²) in [5.41, 5.74) is -0.580. The van der Waals surface area contributed by atoms with E-state index in [2.05, 4.69) is 26.0 Å². The van der Waals surface area contributed by atoms with E-state index in [0.29, 0.717) is 0 Å². The minimum absolute atomic E-state index is 0.0480. The van der Waals surface area contributed by atoms with Crippen molar-refractivity contribution in [3.8, 4) is 0 Å². The summed E-state index contributed by atoms with van der Waals surface area (Å²) >= 11 is 8.56. The molecule has 15 heavy (non-hydrogen) atoms. The van der Waals surface area contributed by atoms with Crippen LogP contribution >= 0.6 is 27.5 Å². The molecule has 2 N–H and O–H groups in total. The lowest BCUT2D eigenvalue weighted by molar-refractivity contribution is 0.0698. The van der Waals surface area contributed by atoms with Crippen molar-refractivity contribution in [2.45, 2.75) is 0 Å². The zero-order valence-electron chi connectivity index (χ0n) is 6.99. The lowest BCUT2D eigenvalue weighted by Crippen LogP contribution is -2.14.